The van der Waals surface area contributed by atoms with E-state index in [1.165, 1.54) is 18.9 Å². The zero-order valence-electron chi connectivity index (χ0n) is 8.51. The van der Waals surface area contributed by atoms with Crippen LogP contribution in [0, 0.1) is 11.7 Å². The molecule has 1 aromatic carbocycles. The van der Waals surface area contributed by atoms with Crippen molar-refractivity contribution < 1.29 is 9.13 Å². The van der Waals surface area contributed by atoms with Gasteiger partial charge in [0.2, 0.25) is 0 Å². The Hall–Kier alpha value is -0.570. The van der Waals surface area contributed by atoms with Gasteiger partial charge in [-0.15, -0.1) is 0 Å². The molecular formula is C12H14BrFO. The molecule has 1 aliphatic carbocycles. The predicted octanol–water partition coefficient (Wildman–Crippen LogP) is 3.90. The van der Waals surface area contributed by atoms with E-state index in [4.69, 9.17) is 4.74 Å². The molecule has 1 aliphatic rings. The molecule has 0 atom stereocenters. The zero-order chi connectivity index (χ0) is 10.7. The largest absolute Gasteiger partial charge is 0.490 e. The van der Waals surface area contributed by atoms with Crippen molar-refractivity contribution >= 4 is 15.9 Å². The highest BCUT2D eigenvalue weighted by atomic mass is 79.9. The first-order chi connectivity index (χ1) is 7.31. The summed E-state index contributed by atoms with van der Waals surface area (Å²) in [5.41, 5.74) is 0.880. The second-order valence-electron chi connectivity index (χ2n) is 3.94. The van der Waals surface area contributed by atoms with Crippen molar-refractivity contribution in [1.82, 2.24) is 0 Å². The molecule has 0 radical (unpaired) electrons. The maximum atomic E-state index is 13.4. The monoisotopic (exact) mass is 272 g/mol. The first kappa shape index (κ1) is 10.9. The summed E-state index contributed by atoms with van der Waals surface area (Å²) in [6.07, 6.45) is 3.67. The lowest BCUT2D eigenvalue weighted by Gasteiger charge is -2.10. The van der Waals surface area contributed by atoms with Crippen molar-refractivity contribution in [3.8, 4) is 5.75 Å². The maximum absolute atomic E-state index is 13.4. The van der Waals surface area contributed by atoms with Crippen LogP contribution < -0.4 is 4.74 Å². The third kappa shape index (κ3) is 2.94. The highest BCUT2D eigenvalue weighted by molar-refractivity contribution is 9.08. The Balaban J connectivity index is 1.97. The lowest BCUT2D eigenvalue weighted by molar-refractivity contribution is 0.286. The van der Waals surface area contributed by atoms with Crippen LogP contribution in [0.1, 0.15) is 24.8 Å². The quantitative estimate of drug-likeness (QED) is 0.739. The van der Waals surface area contributed by atoms with Crippen LogP contribution >= 0.6 is 15.9 Å². The van der Waals surface area contributed by atoms with Crippen LogP contribution in [0.5, 0.6) is 5.75 Å². The van der Waals surface area contributed by atoms with Crippen LogP contribution in [0.15, 0.2) is 18.2 Å². The van der Waals surface area contributed by atoms with Gasteiger partial charge in [0.15, 0.2) is 11.6 Å². The Bertz CT molecular complexity index is 336. The lowest BCUT2D eigenvalue weighted by Crippen LogP contribution is -2.02. The molecule has 82 valence electrons. The number of halogens is 2. The normalized spacial score (nSPS) is 15.3. The number of hydrogen-bond acceptors (Lipinski definition) is 1. The van der Waals surface area contributed by atoms with Crippen molar-refractivity contribution in [2.45, 2.75) is 24.6 Å². The van der Waals surface area contributed by atoms with Crippen molar-refractivity contribution in [3.05, 3.63) is 29.6 Å². The van der Waals surface area contributed by atoms with E-state index in [0.717, 1.165) is 17.9 Å². The highest BCUT2D eigenvalue weighted by Crippen LogP contribution is 2.33. The number of alkyl halides is 1. The van der Waals surface area contributed by atoms with E-state index in [2.05, 4.69) is 15.9 Å². The van der Waals surface area contributed by atoms with E-state index >= 15 is 0 Å². The molecular weight excluding hydrogens is 259 g/mol. The Morgan fingerprint density at radius 2 is 2.20 bits per heavy atom. The molecule has 0 amide bonds. The van der Waals surface area contributed by atoms with Gasteiger partial charge in [0.1, 0.15) is 0 Å². The van der Waals surface area contributed by atoms with Gasteiger partial charge in [-0.1, -0.05) is 40.9 Å². The summed E-state index contributed by atoms with van der Waals surface area (Å²) in [6, 6.07) is 5.03. The van der Waals surface area contributed by atoms with Crippen LogP contribution in [0.3, 0.4) is 0 Å². The van der Waals surface area contributed by atoms with Crippen LogP contribution in [-0.2, 0) is 5.33 Å². The van der Waals surface area contributed by atoms with Crippen LogP contribution in [0.25, 0.3) is 0 Å². The van der Waals surface area contributed by atoms with E-state index in [-0.39, 0.29) is 5.82 Å². The van der Waals surface area contributed by atoms with Crippen molar-refractivity contribution in [2.24, 2.45) is 5.92 Å². The van der Waals surface area contributed by atoms with Crippen LogP contribution in [0.4, 0.5) is 4.39 Å². The molecule has 0 heterocycles. The van der Waals surface area contributed by atoms with Gasteiger partial charge in [-0.2, -0.15) is 0 Å². The van der Waals surface area contributed by atoms with Gasteiger partial charge in [0.05, 0.1) is 6.61 Å². The maximum Gasteiger partial charge on any atom is 0.165 e. The van der Waals surface area contributed by atoms with Gasteiger partial charge >= 0.3 is 0 Å². The molecule has 3 heteroatoms. The standard InChI is InChI=1S/C12H14BrFO/c13-8-10-2-1-3-11(14)12(10)15-7-6-9-4-5-9/h1-3,9H,4-8H2. The molecule has 0 spiro atoms. The Morgan fingerprint density at radius 1 is 1.40 bits per heavy atom. The van der Waals surface area contributed by atoms with Crippen molar-refractivity contribution in [3.63, 3.8) is 0 Å². The summed E-state index contributed by atoms with van der Waals surface area (Å²) < 4.78 is 18.9. The molecule has 2 rings (SSSR count). The minimum Gasteiger partial charge on any atom is -0.490 e. The van der Waals surface area contributed by atoms with E-state index in [1.54, 1.807) is 6.07 Å². The van der Waals surface area contributed by atoms with Crippen LogP contribution in [0.2, 0.25) is 0 Å². The topological polar surface area (TPSA) is 9.23 Å². The molecule has 1 nitrogen and oxygen atoms in total. The van der Waals surface area contributed by atoms with Crippen molar-refractivity contribution in [1.29, 1.82) is 0 Å². The van der Waals surface area contributed by atoms with Gasteiger partial charge in [0, 0.05) is 10.9 Å². The molecule has 1 aromatic rings. The number of rotatable bonds is 5. The summed E-state index contributed by atoms with van der Waals surface area (Å²) in [5.74, 6) is 0.974. The summed E-state index contributed by atoms with van der Waals surface area (Å²) in [5, 5.41) is 0.628. The van der Waals surface area contributed by atoms with E-state index in [9.17, 15) is 4.39 Å². The molecule has 1 fully saturated rings. The molecule has 0 unspecified atom stereocenters. The van der Waals surface area contributed by atoms with E-state index in [0.29, 0.717) is 17.7 Å². The van der Waals surface area contributed by atoms with Gasteiger partial charge in [0.25, 0.3) is 0 Å². The molecule has 0 saturated heterocycles. The van der Waals surface area contributed by atoms with Gasteiger partial charge < -0.3 is 4.74 Å². The average Bonchev–Trinajstić information content (AvgIpc) is 3.04. The Kier molecular flexibility index (Phi) is 3.62. The minimum atomic E-state index is -0.261. The first-order valence-electron chi connectivity index (χ1n) is 5.27. The summed E-state index contributed by atoms with van der Waals surface area (Å²) in [6.45, 7) is 0.631. The molecule has 0 bridgehead atoms. The van der Waals surface area contributed by atoms with Crippen LogP contribution in [-0.4, -0.2) is 6.61 Å². The predicted molar refractivity (Wildman–Crippen MR) is 61.9 cm³/mol. The Morgan fingerprint density at radius 3 is 2.87 bits per heavy atom. The highest BCUT2D eigenvalue weighted by Gasteiger charge is 2.21. The lowest BCUT2D eigenvalue weighted by atomic mass is 10.2. The number of ether oxygens (including phenoxy) is 1. The Labute approximate surface area is 97.8 Å². The molecule has 0 aliphatic heterocycles. The molecule has 0 aromatic heterocycles. The zero-order valence-corrected chi connectivity index (χ0v) is 10.1. The van der Waals surface area contributed by atoms with E-state index < -0.39 is 0 Å². The van der Waals surface area contributed by atoms with Crippen molar-refractivity contribution in [2.75, 3.05) is 6.61 Å². The smallest absolute Gasteiger partial charge is 0.165 e. The summed E-state index contributed by atoms with van der Waals surface area (Å²) in [7, 11) is 0. The second-order valence-corrected chi connectivity index (χ2v) is 4.50. The minimum absolute atomic E-state index is 0.261. The summed E-state index contributed by atoms with van der Waals surface area (Å²) in [4.78, 5) is 0. The fourth-order valence-electron chi connectivity index (χ4n) is 1.55. The second kappa shape index (κ2) is 4.97. The molecule has 1 saturated carbocycles. The van der Waals surface area contributed by atoms with E-state index in [1.807, 2.05) is 6.07 Å². The number of benzene rings is 1. The first-order valence-corrected chi connectivity index (χ1v) is 6.39. The molecule has 0 N–H and O–H groups in total. The third-order valence-corrected chi connectivity index (χ3v) is 3.27. The molecule has 15 heavy (non-hydrogen) atoms. The summed E-state index contributed by atoms with van der Waals surface area (Å²) >= 11 is 3.33. The fourth-order valence-corrected chi connectivity index (χ4v) is 2.00. The third-order valence-electron chi connectivity index (χ3n) is 2.66. The number of para-hydroxylation sites is 1. The van der Waals surface area contributed by atoms with Gasteiger partial charge in [-0.3, -0.25) is 0 Å². The average molecular weight is 273 g/mol. The fraction of sp³-hybridized carbons (Fsp3) is 0.500. The number of hydrogen-bond donors (Lipinski definition) is 0. The van der Waals surface area contributed by atoms with Gasteiger partial charge in [-0.05, 0) is 18.4 Å². The SMILES string of the molecule is Fc1cccc(CBr)c1OCCC1CC1. The van der Waals surface area contributed by atoms with Gasteiger partial charge in [-0.25, -0.2) is 4.39 Å².